The van der Waals surface area contributed by atoms with E-state index in [1.165, 1.54) is 19.2 Å². The lowest BCUT2D eigenvalue weighted by Gasteiger charge is -2.27. The maximum atomic E-state index is 13.6. The van der Waals surface area contributed by atoms with Gasteiger partial charge in [-0.25, -0.2) is 4.39 Å². The first kappa shape index (κ1) is 13.5. The van der Waals surface area contributed by atoms with E-state index in [4.69, 9.17) is 9.84 Å². The van der Waals surface area contributed by atoms with Crippen molar-refractivity contribution in [3.8, 4) is 5.75 Å². The molecule has 0 spiro atoms. The molecule has 0 aliphatic heterocycles. The van der Waals surface area contributed by atoms with Gasteiger partial charge in [-0.1, -0.05) is 13.8 Å². The number of carbonyl (C=O) groups is 1. The van der Waals surface area contributed by atoms with Crippen molar-refractivity contribution in [2.45, 2.75) is 32.6 Å². The summed E-state index contributed by atoms with van der Waals surface area (Å²) in [6.45, 7) is 5.17. The normalized spacial score (nSPS) is 11.4. The van der Waals surface area contributed by atoms with Crippen molar-refractivity contribution >= 4 is 5.97 Å². The molecule has 0 saturated carbocycles. The Morgan fingerprint density at radius 1 is 1.47 bits per heavy atom. The highest BCUT2D eigenvalue weighted by molar-refractivity contribution is 5.69. The van der Waals surface area contributed by atoms with Crippen LogP contribution in [0.4, 0.5) is 4.39 Å². The van der Waals surface area contributed by atoms with Crippen molar-refractivity contribution in [3.63, 3.8) is 0 Å². The van der Waals surface area contributed by atoms with Gasteiger partial charge < -0.3 is 9.84 Å². The maximum absolute atomic E-state index is 13.6. The zero-order chi connectivity index (χ0) is 13.2. The fraction of sp³-hybridized carbons (Fsp3) is 0.462. The zero-order valence-electron chi connectivity index (χ0n) is 10.5. The lowest BCUT2D eigenvalue weighted by molar-refractivity contribution is -0.138. The second-order valence-electron chi connectivity index (χ2n) is 4.70. The molecule has 0 saturated heterocycles. The summed E-state index contributed by atoms with van der Waals surface area (Å²) in [5.74, 6) is -0.741. The number of benzene rings is 1. The minimum absolute atomic E-state index is 0.0757. The number of carboxylic acid groups (broad SMARTS) is 1. The molecule has 0 unspecified atom stereocenters. The largest absolute Gasteiger partial charge is 0.496 e. The summed E-state index contributed by atoms with van der Waals surface area (Å²) < 4.78 is 18.7. The fourth-order valence-corrected chi connectivity index (χ4v) is 2.14. The van der Waals surface area contributed by atoms with Crippen molar-refractivity contribution < 1.29 is 19.0 Å². The Morgan fingerprint density at radius 3 is 2.53 bits per heavy atom. The molecular weight excluding hydrogens is 223 g/mol. The van der Waals surface area contributed by atoms with E-state index >= 15 is 0 Å². The van der Waals surface area contributed by atoms with Crippen LogP contribution in [0.2, 0.25) is 0 Å². The standard InChI is InChI=1S/C13H17FO3/c1-8-9(14)5-6-10(17-4)12(8)13(2,3)7-11(15)16/h5-6H,7H2,1-4H3,(H,15,16). The molecule has 0 aliphatic rings. The summed E-state index contributed by atoms with van der Waals surface area (Å²) in [6.07, 6.45) is -0.0757. The van der Waals surface area contributed by atoms with Crippen LogP contribution in [-0.2, 0) is 10.2 Å². The number of hydrogen-bond donors (Lipinski definition) is 1. The number of rotatable bonds is 4. The second-order valence-corrected chi connectivity index (χ2v) is 4.70. The Bertz CT molecular complexity index is 439. The molecule has 94 valence electrons. The highest BCUT2D eigenvalue weighted by Crippen LogP contribution is 2.37. The van der Waals surface area contributed by atoms with E-state index in [0.29, 0.717) is 16.9 Å². The van der Waals surface area contributed by atoms with Gasteiger partial charge in [-0.2, -0.15) is 0 Å². The molecule has 3 nitrogen and oxygen atoms in total. The molecule has 0 fully saturated rings. The van der Waals surface area contributed by atoms with Crippen LogP contribution in [0, 0.1) is 12.7 Å². The van der Waals surface area contributed by atoms with Crippen molar-refractivity contribution in [3.05, 3.63) is 29.1 Å². The first-order chi connectivity index (χ1) is 7.79. The maximum Gasteiger partial charge on any atom is 0.304 e. The molecule has 0 amide bonds. The molecule has 1 aromatic rings. The highest BCUT2D eigenvalue weighted by Gasteiger charge is 2.30. The average Bonchev–Trinajstić information content (AvgIpc) is 2.19. The molecule has 0 aromatic heterocycles. The summed E-state index contributed by atoms with van der Waals surface area (Å²) in [7, 11) is 1.49. The van der Waals surface area contributed by atoms with Crippen molar-refractivity contribution in [2.24, 2.45) is 0 Å². The molecule has 0 aliphatic carbocycles. The van der Waals surface area contributed by atoms with Crippen molar-refractivity contribution in [1.29, 1.82) is 0 Å². The summed E-state index contributed by atoms with van der Waals surface area (Å²) in [5.41, 5.74) is 0.376. The van der Waals surface area contributed by atoms with Crippen LogP contribution in [-0.4, -0.2) is 18.2 Å². The molecule has 4 heteroatoms. The summed E-state index contributed by atoms with van der Waals surface area (Å²) in [6, 6.07) is 2.86. The quantitative estimate of drug-likeness (QED) is 0.880. The van der Waals surface area contributed by atoms with Crippen LogP contribution in [0.25, 0.3) is 0 Å². The van der Waals surface area contributed by atoms with Gasteiger partial charge in [0.2, 0.25) is 0 Å². The van der Waals surface area contributed by atoms with Crippen molar-refractivity contribution in [2.75, 3.05) is 7.11 Å². The lowest BCUT2D eigenvalue weighted by atomic mass is 9.78. The van der Waals surface area contributed by atoms with Gasteiger partial charge in [0.25, 0.3) is 0 Å². The van der Waals surface area contributed by atoms with Crippen LogP contribution in [0.15, 0.2) is 12.1 Å². The molecule has 0 atom stereocenters. The summed E-state index contributed by atoms with van der Waals surface area (Å²) >= 11 is 0. The van der Waals surface area contributed by atoms with Gasteiger partial charge in [-0.15, -0.1) is 0 Å². The van der Waals surface area contributed by atoms with Gasteiger partial charge in [0.05, 0.1) is 13.5 Å². The van der Waals surface area contributed by atoms with E-state index in [1.807, 2.05) is 0 Å². The first-order valence-electron chi connectivity index (χ1n) is 5.35. The van der Waals surface area contributed by atoms with E-state index in [2.05, 4.69) is 0 Å². The molecule has 0 bridgehead atoms. The number of hydrogen-bond acceptors (Lipinski definition) is 2. The molecule has 1 N–H and O–H groups in total. The van der Waals surface area contributed by atoms with Gasteiger partial charge in [0.15, 0.2) is 0 Å². The van der Waals surface area contributed by atoms with E-state index in [9.17, 15) is 9.18 Å². The Labute approximate surface area is 100 Å². The first-order valence-corrected chi connectivity index (χ1v) is 5.35. The van der Waals surface area contributed by atoms with Gasteiger partial charge >= 0.3 is 5.97 Å². The Kier molecular flexibility index (Phi) is 3.76. The molecule has 1 rings (SSSR count). The highest BCUT2D eigenvalue weighted by atomic mass is 19.1. The Balaban J connectivity index is 3.37. The number of carboxylic acids is 1. The van der Waals surface area contributed by atoms with Crippen LogP contribution in [0.1, 0.15) is 31.4 Å². The zero-order valence-corrected chi connectivity index (χ0v) is 10.5. The smallest absolute Gasteiger partial charge is 0.304 e. The van der Waals surface area contributed by atoms with Gasteiger partial charge in [-0.3, -0.25) is 4.79 Å². The van der Waals surface area contributed by atoms with Crippen LogP contribution in [0.5, 0.6) is 5.75 Å². The van der Waals surface area contributed by atoms with E-state index in [1.54, 1.807) is 20.8 Å². The molecule has 0 radical (unpaired) electrons. The van der Waals surface area contributed by atoms with E-state index < -0.39 is 11.4 Å². The Morgan fingerprint density at radius 2 is 2.06 bits per heavy atom. The third kappa shape index (κ3) is 2.75. The third-order valence-electron chi connectivity index (χ3n) is 2.85. The minimum atomic E-state index is -0.916. The average molecular weight is 240 g/mol. The fourth-order valence-electron chi connectivity index (χ4n) is 2.14. The second kappa shape index (κ2) is 4.73. The number of halogens is 1. The van der Waals surface area contributed by atoms with Crippen molar-refractivity contribution in [1.82, 2.24) is 0 Å². The van der Waals surface area contributed by atoms with Crippen LogP contribution in [0.3, 0.4) is 0 Å². The minimum Gasteiger partial charge on any atom is -0.496 e. The number of methoxy groups -OCH3 is 1. The Hall–Kier alpha value is -1.58. The van der Waals surface area contributed by atoms with Crippen LogP contribution < -0.4 is 4.74 Å². The monoisotopic (exact) mass is 240 g/mol. The van der Waals surface area contributed by atoms with Gasteiger partial charge in [-0.05, 0) is 24.6 Å². The predicted molar refractivity (Wildman–Crippen MR) is 63.0 cm³/mol. The number of aliphatic carboxylic acids is 1. The van der Waals surface area contributed by atoms with E-state index in [-0.39, 0.29) is 12.2 Å². The third-order valence-corrected chi connectivity index (χ3v) is 2.85. The molecule has 1 aromatic carbocycles. The summed E-state index contributed by atoms with van der Waals surface area (Å²) in [5, 5.41) is 8.90. The molecule has 0 heterocycles. The summed E-state index contributed by atoms with van der Waals surface area (Å²) in [4.78, 5) is 10.8. The lowest BCUT2D eigenvalue weighted by Crippen LogP contribution is -2.24. The van der Waals surface area contributed by atoms with Gasteiger partial charge in [0.1, 0.15) is 11.6 Å². The van der Waals surface area contributed by atoms with Crippen LogP contribution >= 0.6 is 0 Å². The predicted octanol–water partition coefficient (Wildman–Crippen LogP) is 2.90. The SMILES string of the molecule is COc1ccc(F)c(C)c1C(C)(C)CC(=O)O. The van der Waals surface area contributed by atoms with Gasteiger partial charge in [0, 0.05) is 11.0 Å². The van der Waals surface area contributed by atoms with E-state index in [0.717, 1.165) is 0 Å². The number of ether oxygens (including phenoxy) is 1. The molecular formula is C13H17FO3. The molecule has 17 heavy (non-hydrogen) atoms. The topological polar surface area (TPSA) is 46.5 Å².